The van der Waals surface area contributed by atoms with Crippen molar-refractivity contribution in [3.8, 4) is 17.0 Å². The van der Waals surface area contributed by atoms with Crippen LogP contribution in [0.2, 0.25) is 0 Å². The molecule has 1 fully saturated rings. The van der Waals surface area contributed by atoms with Crippen molar-refractivity contribution in [1.82, 2.24) is 9.97 Å². The monoisotopic (exact) mass is 410 g/mol. The van der Waals surface area contributed by atoms with Gasteiger partial charge in [0.05, 0.1) is 29.2 Å². The number of anilines is 1. The number of halogens is 4. The Kier molecular flexibility index (Phi) is 5.51. The number of aromatic hydroxyl groups is 1. The molecule has 3 rings (SSSR count). The SMILES string of the molecule is CCNc1nc(-c2c(C)cc(C(F)(F)F)cc2O)cnc1C=NC1(C)CC(F)C1. The molecule has 0 unspecified atom stereocenters. The standard InChI is InChI=1S/C20H22F4N4O/c1-4-25-18-15(10-27-19(3)7-13(21)8-19)26-9-14(28-18)17-11(2)5-12(6-16(17)29)20(22,23)24/h5-6,9-10,13,29H,4,7-8H2,1-3H3,(H,25,28). The van der Waals surface area contributed by atoms with Gasteiger partial charge < -0.3 is 10.4 Å². The molecule has 1 aromatic carbocycles. The lowest BCUT2D eigenvalue weighted by molar-refractivity contribution is -0.137. The van der Waals surface area contributed by atoms with Crippen LogP contribution in [0.5, 0.6) is 5.75 Å². The summed E-state index contributed by atoms with van der Waals surface area (Å²) in [6.45, 7) is 5.72. The molecule has 2 N–H and O–H groups in total. The van der Waals surface area contributed by atoms with E-state index in [0.717, 1.165) is 6.07 Å². The number of aryl methyl sites for hydroxylation is 1. The van der Waals surface area contributed by atoms with E-state index in [0.29, 0.717) is 37.0 Å². The molecule has 1 saturated carbocycles. The number of nitrogens with zero attached hydrogens (tertiary/aromatic N) is 3. The Hall–Kier alpha value is -2.71. The first kappa shape index (κ1) is 21.0. The van der Waals surface area contributed by atoms with Crippen LogP contribution in [-0.2, 0) is 6.18 Å². The van der Waals surface area contributed by atoms with Gasteiger partial charge in [0.25, 0.3) is 0 Å². The molecule has 0 spiro atoms. The number of hydrogen-bond acceptors (Lipinski definition) is 5. The summed E-state index contributed by atoms with van der Waals surface area (Å²) in [4.78, 5) is 13.2. The lowest BCUT2D eigenvalue weighted by Crippen LogP contribution is -2.40. The first-order valence-electron chi connectivity index (χ1n) is 9.24. The molecular weight excluding hydrogens is 388 g/mol. The molecule has 0 saturated heterocycles. The smallest absolute Gasteiger partial charge is 0.416 e. The molecule has 0 radical (unpaired) electrons. The van der Waals surface area contributed by atoms with Crippen LogP contribution >= 0.6 is 0 Å². The number of aromatic nitrogens is 2. The Morgan fingerprint density at radius 3 is 2.59 bits per heavy atom. The Morgan fingerprint density at radius 2 is 2.03 bits per heavy atom. The second-order valence-corrected chi connectivity index (χ2v) is 7.47. The molecule has 2 aromatic rings. The number of rotatable bonds is 5. The van der Waals surface area contributed by atoms with Crippen LogP contribution < -0.4 is 5.32 Å². The van der Waals surface area contributed by atoms with Crippen LogP contribution in [0.25, 0.3) is 11.3 Å². The highest BCUT2D eigenvalue weighted by Crippen LogP contribution is 2.39. The van der Waals surface area contributed by atoms with Crippen molar-refractivity contribution >= 4 is 12.0 Å². The van der Waals surface area contributed by atoms with Gasteiger partial charge >= 0.3 is 6.18 Å². The second kappa shape index (κ2) is 7.61. The van der Waals surface area contributed by atoms with Gasteiger partial charge in [0.1, 0.15) is 17.6 Å². The van der Waals surface area contributed by atoms with E-state index >= 15 is 0 Å². The van der Waals surface area contributed by atoms with E-state index in [9.17, 15) is 22.7 Å². The van der Waals surface area contributed by atoms with Gasteiger partial charge in [-0.05, 0) is 38.5 Å². The number of alkyl halides is 4. The van der Waals surface area contributed by atoms with Crippen LogP contribution in [0.3, 0.4) is 0 Å². The number of phenolic OH excluding ortho intramolecular Hbond substituents is 1. The maximum Gasteiger partial charge on any atom is 0.416 e. The molecule has 0 atom stereocenters. The van der Waals surface area contributed by atoms with Crippen LogP contribution in [0.4, 0.5) is 23.4 Å². The van der Waals surface area contributed by atoms with Crippen molar-refractivity contribution in [3.05, 3.63) is 35.2 Å². The van der Waals surface area contributed by atoms with Gasteiger partial charge in [0.15, 0.2) is 5.82 Å². The summed E-state index contributed by atoms with van der Waals surface area (Å²) in [6.07, 6.45) is -1.80. The third kappa shape index (κ3) is 4.49. The summed E-state index contributed by atoms with van der Waals surface area (Å²) in [5, 5.41) is 13.2. The zero-order valence-electron chi connectivity index (χ0n) is 16.3. The molecule has 0 aliphatic heterocycles. The topological polar surface area (TPSA) is 70.4 Å². The predicted octanol–water partition coefficient (Wildman–Crippen LogP) is 4.92. The molecular formula is C20H22F4N4O. The van der Waals surface area contributed by atoms with Gasteiger partial charge in [-0.1, -0.05) is 0 Å². The normalized spacial score (nSPS) is 22.0. The number of phenols is 1. The summed E-state index contributed by atoms with van der Waals surface area (Å²) in [7, 11) is 0. The van der Waals surface area contributed by atoms with Crippen molar-refractivity contribution < 1.29 is 22.7 Å². The number of hydrogen-bond donors (Lipinski definition) is 2. The maximum atomic E-state index is 13.1. The molecule has 9 heteroatoms. The van der Waals surface area contributed by atoms with Gasteiger partial charge in [0, 0.05) is 24.9 Å². The molecule has 1 heterocycles. The van der Waals surface area contributed by atoms with E-state index < -0.39 is 29.2 Å². The van der Waals surface area contributed by atoms with Crippen LogP contribution in [-0.4, -0.2) is 39.5 Å². The summed E-state index contributed by atoms with van der Waals surface area (Å²) in [6, 6.07) is 1.64. The average molecular weight is 410 g/mol. The van der Waals surface area contributed by atoms with E-state index in [1.54, 1.807) is 0 Å². The molecule has 156 valence electrons. The molecule has 29 heavy (non-hydrogen) atoms. The summed E-state index contributed by atoms with van der Waals surface area (Å²) < 4.78 is 52.0. The number of aliphatic imine (C=N–C) groups is 1. The lowest BCUT2D eigenvalue weighted by atomic mass is 9.77. The lowest BCUT2D eigenvalue weighted by Gasteiger charge is -2.37. The summed E-state index contributed by atoms with van der Waals surface area (Å²) in [5.74, 6) is -0.140. The van der Waals surface area contributed by atoms with E-state index in [1.165, 1.54) is 19.3 Å². The van der Waals surface area contributed by atoms with E-state index in [2.05, 4.69) is 20.3 Å². The van der Waals surface area contributed by atoms with E-state index in [1.807, 2.05) is 13.8 Å². The predicted molar refractivity (Wildman–Crippen MR) is 103 cm³/mol. The van der Waals surface area contributed by atoms with Gasteiger partial charge in [-0.3, -0.25) is 4.99 Å². The maximum absolute atomic E-state index is 13.1. The minimum Gasteiger partial charge on any atom is -0.507 e. The highest BCUT2D eigenvalue weighted by atomic mass is 19.4. The van der Waals surface area contributed by atoms with Gasteiger partial charge in [-0.2, -0.15) is 13.2 Å². The Balaban J connectivity index is 1.98. The minimum absolute atomic E-state index is 0.180. The molecule has 1 aliphatic rings. The largest absolute Gasteiger partial charge is 0.507 e. The highest BCUT2D eigenvalue weighted by molar-refractivity contribution is 5.85. The van der Waals surface area contributed by atoms with Crippen molar-refractivity contribution in [3.63, 3.8) is 0 Å². The first-order valence-corrected chi connectivity index (χ1v) is 9.24. The first-order chi connectivity index (χ1) is 13.5. The fraction of sp³-hybridized carbons (Fsp3) is 0.450. The molecule has 0 bridgehead atoms. The minimum atomic E-state index is -4.56. The summed E-state index contributed by atoms with van der Waals surface area (Å²) in [5.41, 5.74) is -0.319. The quantitative estimate of drug-likeness (QED) is 0.542. The third-order valence-corrected chi connectivity index (χ3v) is 4.86. The Bertz CT molecular complexity index is 914. The molecule has 1 aliphatic carbocycles. The second-order valence-electron chi connectivity index (χ2n) is 7.47. The fourth-order valence-corrected chi connectivity index (χ4v) is 3.39. The Morgan fingerprint density at radius 1 is 1.34 bits per heavy atom. The fourth-order valence-electron chi connectivity index (χ4n) is 3.39. The molecule has 0 amide bonds. The zero-order valence-corrected chi connectivity index (χ0v) is 16.3. The van der Waals surface area contributed by atoms with Gasteiger partial charge in [-0.15, -0.1) is 0 Å². The number of benzene rings is 1. The Labute approximate surface area is 165 Å². The zero-order chi connectivity index (χ0) is 21.4. The van der Waals surface area contributed by atoms with Crippen molar-refractivity contribution in [1.29, 1.82) is 0 Å². The van der Waals surface area contributed by atoms with Gasteiger partial charge in [0.2, 0.25) is 0 Å². The van der Waals surface area contributed by atoms with Crippen molar-refractivity contribution in [2.24, 2.45) is 4.99 Å². The van der Waals surface area contributed by atoms with Crippen LogP contribution in [0, 0.1) is 6.92 Å². The van der Waals surface area contributed by atoms with Crippen molar-refractivity contribution in [2.45, 2.75) is 51.5 Å². The van der Waals surface area contributed by atoms with Crippen molar-refractivity contribution in [2.75, 3.05) is 11.9 Å². The van der Waals surface area contributed by atoms with E-state index in [4.69, 9.17) is 0 Å². The third-order valence-electron chi connectivity index (χ3n) is 4.86. The van der Waals surface area contributed by atoms with Gasteiger partial charge in [-0.25, -0.2) is 14.4 Å². The molecule has 5 nitrogen and oxygen atoms in total. The highest BCUT2D eigenvalue weighted by Gasteiger charge is 2.40. The molecule has 1 aromatic heterocycles. The van der Waals surface area contributed by atoms with E-state index in [-0.39, 0.29) is 16.8 Å². The van der Waals surface area contributed by atoms with Crippen LogP contribution in [0.1, 0.15) is 43.5 Å². The number of nitrogens with one attached hydrogen (secondary N) is 1. The average Bonchev–Trinajstić information content (AvgIpc) is 2.58. The van der Waals surface area contributed by atoms with Crippen LogP contribution in [0.15, 0.2) is 23.3 Å². The summed E-state index contributed by atoms with van der Waals surface area (Å²) >= 11 is 0.